The highest BCUT2D eigenvalue weighted by atomic mass is 31.2. The van der Waals surface area contributed by atoms with Gasteiger partial charge < -0.3 is 18.7 Å². The molecule has 8 heteroatoms. The first-order valence-corrected chi connectivity index (χ1v) is 9.05. The molecule has 0 spiro atoms. The summed E-state index contributed by atoms with van der Waals surface area (Å²) in [5, 5.41) is 0. The van der Waals surface area contributed by atoms with E-state index in [0.29, 0.717) is 6.54 Å². The predicted molar refractivity (Wildman–Crippen MR) is 82.1 cm³/mol. The average molecular weight is 335 g/mol. The molecule has 1 heterocycles. The second kappa shape index (κ2) is 7.57. The van der Waals surface area contributed by atoms with E-state index in [1.54, 1.807) is 25.7 Å². The van der Waals surface area contributed by atoms with Crippen molar-refractivity contribution in [2.24, 2.45) is 0 Å². The zero-order valence-electron chi connectivity index (χ0n) is 14.0. The Balaban J connectivity index is 2.62. The van der Waals surface area contributed by atoms with E-state index in [-0.39, 0.29) is 24.4 Å². The van der Waals surface area contributed by atoms with Crippen LogP contribution >= 0.6 is 7.60 Å². The van der Waals surface area contributed by atoms with E-state index in [9.17, 15) is 14.2 Å². The molecule has 128 valence electrons. The molecule has 0 aromatic heterocycles. The third-order valence-electron chi connectivity index (χ3n) is 3.39. The van der Waals surface area contributed by atoms with Crippen molar-refractivity contribution in [3.8, 4) is 0 Å². The lowest BCUT2D eigenvalue weighted by atomic mass is 10.1. The maximum absolute atomic E-state index is 12.1. The number of amides is 1. The molecular formula is C14H26NO6P. The lowest BCUT2D eigenvalue weighted by Gasteiger charge is -2.28. The molecule has 22 heavy (non-hydrogen) atoms. The summed E-state index contributed by atoms with van der Waals surface area (Å²) >= 11 is 0. The van der Waals surface area contributed by atoms with Crippen molar-refractivity contribution in [3.63, 3.8) is 0 Å². The number of carbonyl (C=O) groups is 2. The normalized spacial score (nSPS) is 19.3. The monoisotopic (exact) mass is 335 g/mol. The third kappa shape index (κ3) is 5.71. The second-order valence-corrected chi connectivity index (χ2v) is 8.62. The number of ether oxygens (including phenoxy) is 1. The van der Waals surface area contributed by atoms with Crippen molar-refractivity contribution < 1.29 is 27.9 Å². The Morgan fingerprint density at radius 1 is 1.23 bits per heavy atom. The molecule has 1 amide bonds. The van der Waals surface area contributed by atoms with Crippen LogP contribution in [-0.2, 0) is 23.1 Å². The number of likely N-dealkylation sites (tertiary alicyclic amines) is 1. The first-order valence-electron chi connectivity index (χ1n) is 7.32. The van der Waals surface area contributed by atoms with Crippen molar-refractivity contribution in [2.45, 2.75) is 51.7 Å². The molecular weight excluding hydrogens is 309 g/mol. The lowest BCUT2D eigenvalue weighted by Crippen LogP contribution is -2.40. The van der Waals surface area contributed by atoms with Crippen LogP contribution in [0, 0.1) is 0 Å². The average Bonchev–Trinajstić information content (AvgIpc) is 2.84. The number of rotatable bonds is 6. The van der Waals surface area contributed by atoms with Gasteiger partial charge in [-0.3, -0.25) is 9.36 Å². The SMILES string of the molecule is COP(=O)(CC(=O)CC1CCCN1C(=O)OC(C)(C)C)OC. The van der Waals surface area contributed by atoms with Gasteiger partial charge in [-0.25, -0.2) is 4.79 Å². The molecule has 0 saturated carbocycles. The molecule has 1 fully saturated rings. The van der Waals surface area contributed by atoms with Gasteiger partial charge >= 0.3 is 13.7 Å². The van der Waals surface area contributed by atoms with Crippen LogP contribution in [0.2, 0.25) is 0 Å². The van der Waals surface area contributed by atoms with E-state index in [2.05, 4.69) is 0 Å². The molecule has 0 aromatic rings. The molecule has 1 rings (SSSR count). The summed E-state index contributed by atoms with van der Waals surface area (Å²) in [6, 6.07) is -0.218. The number of nitrogens with zero attached hydrogens (tertiary/aromatic N) is 1. The fraction of sp³-hybridized carbons (Fsp3) is 0.857. The van der Waals surface area contributed by atoms with Gasteiger partial charge in [0.15, 0.2) is 0 Å². The van der Waals surface area contributed by atoms with Crippen LogP contribution in [0.25, 0.3) is 0 Å². The van der Waals surface area contributed by atoms with Crippen LogP contribution in [-0.4, -0.2) is 55.3 Å². The molecule has 0 radical (unpaired) electrons. The van der Waals surface area contributed by atoms with Gasteiger partial charge in [0, 0.05) is 33.2 Å². The Morgan fingerprint density at radius 3 is 2.32 bits per heavy atom. The Morgan fingerprint density at radius 2 is 1.82 bits per heavy atom. The minimum atomic E-state index is -3.36. The summed E-state index contributed by atoms with van der Waals surface area (Å²) in [6.07, 6.45) is 0.997. The van der Waals surface area contributed by atoms with Gasteiger partial charge in [-0.1, -0.05) is 0 Å². The van der Waals surface area contributed by atoms with Crippen LogP contribution < -0.4 is 0 Å². The van der Waals surface area contributed by atoms with Gasteiger partial charge in [0.25, 0.3) is 0 Å². The molecule has 0 aliphatic carbocycles. The van der Waals surface area contributed by atoms with Crippen LogP contribution in [0.5, 0.6) is 0 Å². The smallest absolute Gasteiger partial charge is 0.410 e. The maximum atomic E-state index is 12.1. The number of hydrogen-bond donors (Lipinski definition) is 0. The molecule has 7 nitrogen and oxygen atoms in total. The molecule has 0 N–H and O–H groups in total. The van der Waals surface area contributed by atoms with Crippen molar-refractivity contribution in [3.05, 3.63) is 0 Å². The quantitative estimate of drug-likeness (QED) is 0.694. The molecule has 1 saturated heterocycles. The fourth-order valence-corrected chi connectivity index (χ4v) is 3.32. The predicted octanol–water partition coefficient (Wildman–Crippen LogP) is 2.83. The third-order valence-corrected chi connectivity index (χ3v) is 5.25. The molecule has 0 aromatic carbocycles. The number of hydrogen-bond acceptors (Lipinski definition) is 6. The standard InChI is InChI=1S/C14H26NO6P/c1-14(2,3)21-13(17)15-8-6-7-11(15)9-12(16)10-22(18,19-4)20-5/h11H,6-10H2,1-5H3. The lowest BCUT2D eigenvalue weighted by molar-refractivity contribution is -0.117. The first-order chi connectivity index (χ1) is 10.1. The molecule has 1 aliphatic rings. The van der Waals surface area contributed by atoms with Crippen LogP contribution in [0.4, 0.5) is 4.79 Å². The van der Waals surface area contributed by atoms with Crippen molar-refractivity contribution in [1.82, 2.24) is 4.90 Å². The van der Waals surface area contributed by atoms with Crippen LogP contribution in [0.1, 0.15) is 40.0 Å². The van der Waals surface area contributed by atoms with Crippen molar-refractivity contribution in [2.75, 3.05) is 26.9 Å². The minimum absolute atomic E-state index is 0.135. The molecule has 0 bridgehead atoms. The van der Waals surface area contributed by atoms with Gasteiger partial charge in [0.2, 0.25) is 0 Å². The highest BCUT2D eigenvalue weighted by molar-refractivity contribution is 7.54. The number of Topliss-reactive ketones (excluding diaryl/α,β-unsaturated/α-hetero) is 1. The summed E-state index contributed by atoms with van der Waals surface area (Å²) in [7, 11) is -0.855. The summed E-state index contributed by atoms with van der Waals surface area (Å²) in [5.41, 5.74) is -0.573. The van der Waals surface area contributed by atoms with Crippen LogP contribution in [0.3, 0.4) is 0 Å². The van der Waals surface area contributed by atoms with Crippen molar-refractivity contribution in [1.29, 1.82) is 0 Å². The Hall–Kier alpha value is -0.910. The Kier molecular flexibility index (Phi) is 6.59. The highest BCUT2D eigenvalue weighted by Gasteiger charge is 2.35. The molecule has 1 aliphatic heterocycles. The van der Waals surface area contributed by atoms with E-state index >= 15 is 0 Å². The van der Waals surface area contributed by atoms with Crippen LogP contribution in [0.15, 0.2) is 0 Å². The van der Waals surface area contributed by atoms with Gasteiger partial charge in [-0.15, -0.1) is 0 Å². The molecule has 1 unspecified atom stereocenters. The summed E-state index contributed by atoms with van der Waals surface area (Å²) in [5.74, 6) is -0.243. The summed E-state index contributed by atoms with van der Waals surface area (Å²) in [4.78, 5) is 25.8. The number of ketones is 1. The van der Waals surface area contributed by atoms with E-state index < -0.39 is 19.3 Å². The largest absolute Gasteiger partial charge is 0.444 e. The fourth-order valence-electron chi connectivity index (χ4n) is 2.36. The maximum Gasteiger partial charge on any atom is 0.410 e. The summed E-state index contributed by atoms with van der Waals surface area (Å²) < 4.78 is 26.9. The first kappa shape index (κ1) is 19.1. The van der Waals surface area contributed by atoms with Crippen molar-refractivity contribution >= 4 is 19.5 Å². The van der Waals surface area contributed by atoms with E-state index in [1.807, 2.05) is 0 Å². The van der Waals surface area contributed by atoms with E-state index in [4.69, 9.17) is 13.8 Å². The van der Waals surface area contributed by atoms with Gasteiger partial charge in [0.1, 0.15) is 17.5 Å². The minimum Gasteiger partial charge on any atom is -0.444 e. The van der Waals surface area contributed by atoms with Gasteiger partial charge in [-0.2, -0.15) is 0 Å². The second-order valence-electron chi connectivity index (χ2n) is 6.35. The number of carbonyl (C=O) groups excluding carboxylic acids is 2. The Bertz CT molecular complexity index is 451. The van der Waals surface area contributed by atoms with E-state index in [1.165, 1.54) is 14.2 Å². The Labute approximate surface area is 131 Å². The highest BCUT2D eigenvalue weighted by Crippen LogP contribution is 2.46. The zero-order chi connectivity index (χ0) is 17.0. The van der Waals surface area contributed by atoms with Gasteiger partial charge in [-0.05, 0) is 33.6 Å². The summed E-state index contributed by atoms with van der Waals surface area (Å²) in [6.45, 7) is 5.97. The van der Waals surface area contributed by atoms with Gasteiger partial charge in [0.05, 0.1) is 0 Å². The topological polar surface area (TPSA) is 82.1 Å². The zero-order valence-corrected chi connectivity index (χ0v) is 14.9. The molecule has 1 atom stereocenters. The van der Waals surface area contributed by atoms with E-state index in [0.717, 1.165) is 12.8 Å².